The maximum absolute atomic E-state index is 8.29. The minimum atomic E-state index is 0.121. The summed E-state index contributed by atoms with van der Waals surface area (Å²) in [6, 6.07) is 58.0. The maximum atomic E-state index is 8.29. The Balaban J connectivity index is 0.000000257. The molecule has 0 radical (unpaired) electrons. The van der Waals surface area contributed by atoms with E-state index in [0.717, 1.165) is 28.9 Å². The Morgan fingerprint density at radius 2 is 1.30 bits per heavy atom. The number of ether oxygens (including phenoxy) is 1. The van der Waals surface area contributed by atoms with Crippen LogP contribution in [0.4, 0.5) is 0 Å². The van der Waals surface area contributed by atoms with Crippen LogP contribution in [0.2, 0.25) is 0 Å². The third-order valence-electron chi connectivity index (χ3n) is 10.1. The summed E-state index contributed by atoms with van der Waals surface area (Å²) in [6.07, 6.45) is 9.32. The van der Waals surface area contributed by atoms with Crippen molar-refractivity contribution in [2.75, 3.05) is 7.11 Å². The molecular weight excluding hydrogens is 715 g/mol. The molecule has 1 heterocycles. The Morgan fingerprint density at radius 1 is 0.684 bits per heavy atom. The summed E-state index contributed by atoms with van der Waals surface area (Å²) < 4.78 is 8.16. The lowest BCUT2D eigenvalue weighted by atomic mass is 9.86. The quantitative estimate of drug-likeness (QED) is 0.112. The molecule has 0 fully saturated rings. The number of nitrogens with one attached hydrogen (secondary N) is 2. The molecule has 1 aliphatic rings. The highest BCUT2D eigenvalue weighted by Gasteiger charge is 2.22. The number of aryl methyl sites for hydroxylation is 1. The lowest BCUT2D eigenvalue weighted by molar-refractivity contribution is 0.413. The topological polar surface area (TPSA) is 83.0 Å². The number of benzene rings is 7. The van der Waals surface area contributed by atoms with Gasteiger partial charge in [0.2, 0.25) is 0 Å². The molecule has 0 saturated heterocycles. The number of para-hydroxylation sites is 1. The van der Waals surface area contributed by atoms with Crippen LogP contribution in [0.1, 0.15) is 40.2 Å². The number of rotatable bonds is 7. The van der Waals surface area contributed by atoms with Crippen molar-refractivity contribution in [3.05, 3.63) is 216 Å². The SMILES string of the molecule is COc1ccccc1C1=CCC(c2ccc(C=N)c3c2sc2c(-c4ccccc4)cc(-c4ccccc4)cc23)C=C1.Cc1ccccc1.N=C(N)c1ccccc1. The zero-order valence-electron chi connectivity index (χ0n) is 32.2. The highest BCUT2D eigenvalue weighted by atomic mass is 32.1. The standard InChI is InChI=1S/C38H29NOS.C7H8N2.C7H8/c1-40-35-15-9-8-14-31(35)27-16-18-28(19-17-27)32-21-20-29(24-39)36-34-23-30(25-10-4-2-5-11-25)22-33(37(34)41-38(32)36)26-12-6-3-7-13-26;8-7(9)6-4-2-1-3-5-6;1-7-5-3-2-4-6-7/h2-18,20-24,28,39H,19H2,1H3;1-5H,(H3,8,9);2-6H,1H3. The van der Waals surface area contributed by atoms with Crippen LogP contribution in [0.3, 0.4) is 0 Å². The molecule has 0 spiro atoms. The minimum absolute atomic E-state index is 0.121. The molecule has 4 nitrogen and oxygen atoms in total. The Morgan fingerprint density at radius 3 is 1.86 bits per heavy atom. The number of allylic oxidation sites excluding steroid dienone is 4. The van der Waals surface area contributed by atoms with Crippen LogP contribution in [-0.2, 0) is 0 Å². The predicted molar refractivity (Wildman–Crippen MR) is 244 cm³/mol. The van der Waals surface area contributed by atoms with Crippen molar-refractivity contribution in [1.82, 2.24) is 0 Å². The summed E-state index contributed by atoms with van der Waals surface area (Å²) in [5.74, 6) is 1.28. The van der Waals surface area contributed by atoms with Crippen LogP contribution in [-0.4, -0.2) is 19.2 Å². The monoisotopic (exact) mass is 759 g/mol. The molecule has 7 aromatic carbocycles. The van der Waals surface area contributed by atoms with Gasteiger partial charge in [-0.15, -0.1) is 11.3 Å². The third-order valence-corrected chi connectivity index (χ3v) is 11.4. The van der Waals surface area contributed by atoms with Gasteiger partial charge in [0.25, 0.3) is 0 Å². The third kappa shape index (κ3) is 8.86. The first-order valence-electron chi connectivity index (χ1n) is 19.0. The van der Waals surface area contributed by atoms with Gasteiger partial charge in [0.15, 0.2) is 0 Å². The number of thiophene rings is 1. The molecule has 0 aliphatic heterocycles. The Kier molecular flexibility index (Phi) is 12.3. The smallest absolute Gasteiger partial charge is 0.126 e. The zero-order chi connectivity index (χ0) is 39.6. The second kappa shape index (κ2) is 18.2. The number of hydrogen-bond acceptors (Lipinski definition) is 4. The molecule has 1 aliphatic carbocycles. The summed E-state index contributed by atoms with van der Waals surface area (Å²) in [5, 5.41) is 17.7. The van der Waals surface area contributed by atoms with Gasteiger partial charge < -0.3 is 15.9 Å². The van der Waals surface area contributed by atoms with Gasteiger partial charge in [0.05, 0.1) is 7.11 Å². The number of fused-ring (bicyclic) bond motifs is 3. The van der Waals surface area contributed by atoms with Gasteiger partial charge in [-0.05, 0) is 59.4 Å². The summed E-state index contributed by atoms with van der Waals surface area (Å²) in [4.78, 5) is 0. The predicted octanol–water partition coefficient (Wildman–Crippen LogP) is 13.5. The van der Waals surface area contributed by atoms with E-state index in [1.165, 1.54) is 65.3 Å². The fourth-order valence-electron chi connectivity index (χ4n) is 7.16. The molecule has 0 bridgehead atoms. The molecule has 1 atom stereocenters. The molecule has 0 saturated carbocycles. The lowest BCUT2D eigenvalue weighted by Gasteiger charge is -2.19. The molecule has 8 aromatic rings. The zero-order valence-corrected chi connectivity index (χ0v) is 33.0. The van der Waals surface area contributed by atoms with Crippen molar-refractivity contribution in [2.45, 2.75) is 19.3 Å². The number of methoxy groups -OCH3 is 1. The van der Waals surface area contributed by atoms with Gasteiger partial charge in [-0.2, -0.15) is 0 Å². The van der Waals surface area contributed by atoms with E-state index in [1.54, 1.807) is 7.11 Å². The second-order valence-corrected chi connectivity index (χ2v) is 14.8. The van der Waals surface area contributed by atoms with Crippen LogP contribution in [0.5, 0.6) is 5.75 Å². The summed E-state index contributed by atoms with van der Waals surface area (Å²) in [7, 11) is 1.73. The Hall–Kier alpha value is -6.82. The van der Waals surface area contributed by atoms with E-state index in [9.17, 15) is 0 Å². The van der Waals surface area contributed by atoms with Gasteiger partial charge in [-0.25, -0.2) is 0 Å². The van der Waals surface area contributed by atoms with Crippen LogP contribution < -0.4 is 10.5 Å². The van der Waals surface area contributed by atoms with Crippen molar-refractivity contribution in [1.29, 1.82) is 10.8 Å². The molecule has 57 heavy (non-hydrogen) atoms. The fourth-order valence-corrected chi connectivity index (χ4v) is 8.58. The van der Waals surface area contributed by atoms with Crippen molar-refractivity contribution < 1.29 is 4.74 Å². The van der Waals surface area contributed by atoms with Crippen LogP contribution in [0.25, 0.3) is 48.0 Å². The molecule has 4 N–H and O–H groups in total. The van der Waals surface area contributed by atoms with Crippen molar-refractivity contribution in [3.63, 3.8) is 0 Å². The Labute approximate surface area is 339 Å². The summed E-state index contributed by atoms with van der Waals surface area (Å²) in [5.41, 5.74) is 16.7. The first kappa shape index (κ1) is 38.5. The highest BCUT2D eigenvalue weighted by molar-refractivity contribution is 7.26. The van der Waals surface area contributed by atoms with Gasteiger partial charge in [-0.1, -0.05) is 175 Å². The first-order chi connectivity index (χ1) is 27.9. The molecule has 280 valence electrons. The van der Waals surface area contributed by atoms with Crippen LogP contribution >= 0.6 is 11.3 Å². The van der Waals surface area contributed by atoms with E-state index in [-0.39, 0.29) is 11.8 Å². The van der Waals surface area contributed by atoms with E-state index in [2.05, 4.69) is 134 Å². The van der Waals surface area contributed by atoms with Crippen LogP contribution in [0.15, 0.2) is 188 Å². The van der Waals surface area contributed by atoms with Gasteiger partial charge in [-0.3, -0.25) is 5.41 Å². The second-order valence-electron chi connectivity index (χ2n) is 13.8. The summed E-state index contributed by atoms with van der Waals surface area (Å²) in [6.45, 7) is 2.08. The van der Waals surface area contributed by atoms with Crippen LogP contribution in [0, 0.1) is 17.7 Å². The molecule has 5 heteroatoms. The van der Waals surface area contributed by atoms with E-state index < -0.39 is 0 Å². The minimum Gasteiger partial charge on any atom is -0.496 e. The summed E-state index contributed by atoms with van der Waals surface area (Å²) >= 11 is 1.86. The molecular formula is C52H45N3OS. The van der Waals surface area contributed by atoms with Gasteiger partial charge in [0, 0.05) is 54.6 Å². The van der Waals surface area contributed by atoms with E-state index in [4.69, 9.17) is 21.3 Å². The van der Waals surface area contributed by atoms with E-state index >= 15 is 0 Å². The number of nitrogen functional groups attached to an aromatic ring is 1. The van der Waals surface area contributed by atoms with E-state index in [1.807, 2.05) is 72.0 Å². The number of nitrogens with two attached hydrogens (primary N) is 1. The lowest BCUT2D eigenvalue weighted by Crippen LogP contribution is -2.10. The van der Waals surface area contributed by atoms with E-state index in [0.29, 0.717) is 0 Å². The van der Waals surface area contributed by atoms with Crippen molar-refractivity contribution in [3.8, 4) is 28.0 Å². The molecule has 1 aromatic heterocycles. The largest absolute Gasteiger partial charge is 0.496 e. The molecule has 0 amide bonds. The Bertz CT molecular complexity index is 2680. The molecule has 9 rings (SSSR count). The molecule has 1 unspecified atom stereocenters. The fraction of sp³-hybridized carbons (Fsp3) is 0.0769. The average molecular weight is 760 g/mol. The maximum Gasteiger partial charge on any atom is 0.126 e. The van der Waals surface area contributed by atoms with Crippen molar-refractivity contribution in [2.24, 2.45) is 5.73 Å². The average Bonchev–Trinajstić information content (AvgIpc) is 3.67. The number of hydrogen-bond donors (Lipinski definition) is 3. The van der Waals surface area contributed by atoms with Crippen molar-refractivity contribution >= 4 is 49.1 Å². The normalized spacial score (nSPS) is 13.1. The highest BCUT2D eigenvalue weighted by Crippen LogP contribution is 2.47. The number of amidine groups is 1. The first-order valence-corrected chi connectivity index (χ1v) is 19.8. The van der Waals surface area contributed by atoms with Gasteiger partial charge >= 0.3 is 0 Å². The van der Waals surface area contributed by atoms with Gasteiger partial charge in [0.1, 0.15) is 11.6 Å².